The summed E-state index contributed by atoms with van der Waals surface area (Å²) in [5, 5.41) is 0.0592. The molecular formula is C21H26FN3O3S. The molecule has 8 heteroatoms. The van der Waals surface area contributed by atoms with Crippen molar-refractivity contribution in [2.45, 2.75) is 37.5 Å². The zero-order valence-corrected chi connectivity index (χ0v) is 18.0. The minimum Gasteiger partial charge on any atom is -0.367 e. The fourth-order valence-corrected chi connectivity index (χ4v) is 4.17. The number of hydrogen-bond donors (Lipinski definition) is 0. The number of pyridine rings is 1. The Kier molecular flexibility index (Phi) is 5.67. The first kappa shape index (κ1) is 21.2. The Hall–Kier alpha value is -2.48. The summed E-state index contributed by atoms with van der Waals surface area (Å²) in [4.78, 5) is 20.5. The molecule has 1 aliphatic heterocycles. The number of aromatic nitrogens is 1. The van der Waals surface area contributed by atoms with Crippen LogP contribution in [0.3, 0.4) is 0 Å². The van der Waals surface area contributed by atoms with E-state index in [-0.39, 0.29) is 16.8 Å². The fraction of sp³-hybridized carbons (Fsp3) is 0.429. The number of carbonyl (C=O) groups is 1. The van der Waals surface area contributed by atoms with E-state index >= 15 is 0 Å². The first-order chi connectivity index (χ1) is 13.5. The highest BCUT2D eigenvalue weighted by molar-refractivity contribution is 7.92. The van der Waals surface area contributed by atoms with Crippen molar-refractivity contribution in [3.8, 4) is 0 Å². The van der Waals surface area contributed by atoms with Crippen molar-refractivity contribution in [3.63, 3.8) is 0 Å². The van der Waals surface area contributed by atoms with E-state index < -0.39 is 14.6 Å². The van der Waals surface area contributed by atoms with Gasteiger partial charge in [-0.25, -0.2) is 17.8 Å². The van der Waals surface area contributed by atoms with E-state index in [1.807, 2.05) is 0 Å². The van der Waals surface area contributed by atoms with Crippen LogP contribution in [0.25, 0.3) is 0 Å². The maximum atomic E-state index is 13.8. The lowest BCUT2D eigenvalue weighted by Gasteiger charge is -2.36. The van der Waals surface area contributed by atoms with Crippen LogP contribution in [-0.2, 0) is 9.84 Å². The van der Waals surface area contributed by atoms with Crippen LogP contribution in [0.15, 0.2) is 41.6 Å². The normalized spacial score (nSPS) is 15.5. The average Bonchev–Trinajstić information content (AvgIpc) is 2.69. The molecule has 1 aromatic heterocycles. The summed E-state index contributed by atoms with van der Waals surface area (Å²) < 4.78 is 37.8. The van der Waals surface area contributed by atoms with E-state index in [1.165, 1.54) is 12.1 Å². The lowest BCUT2D eigenvalue weighted by atomic mass is 10.1. The third kappa shape index (κ3) is 4.27. The van der Waals surface area contributed by atoms with Gasteiger partial charge in [-0.3, -0.25) is 4.79 Å². The second-order valence-corrected chi connectivity index (χ2v) is 10.9. The molecule has 2 aromatic rings. The van der Waals surface area contributed by atoms with Crippen molar-refractivity contribution in [3.05, 3.63) is 53.5 Å². The van der Waals surface area contributed by atoms with Gasteiger partial charge in [-0.05, 0) is 57.5 Å². The van der Waals surface area contributed by atoms with Crippen LogP contribution < -0.4 is 4.90 Å². The zero-order valence-electron chi connectivity index (χ0n) is 17.1. The van der Waals surface area contributed by atoms with Gasteiger partial charge in [0.1, 0.15) is 5.82 Å². The molecule has 0 aliphatic carbocycles. The van der Waals surface area contributed by atoms with E-state index in [0.717, 1.165) is 5.69 Å². The quantitative estimate of drug-likeness (QED) is 0.765. The number of nitrogens with zero attached hydrogens (tertiary/aromatic N) is 3. The predicted octanol–water partition coefficient (Wildman–Crippen LogP) is 3.06. The number of amides is 1. The van der Waals surface area contributed by atoms with Gasteiger partial charge in [0.2, 0.25) is 0 Å². The van der Waals surface area contributed by atoms with Crippen molar-refractivity contribution in [1.29, 1.82) is 0 Å². The Balaban J connectivity index is 1.66. The highest BCUT2D eigenvalue weighted by Crippen LogP contribution is 2.25. The minimum absolute atomic E-state index is 0.0592. The number of sulfone groups is 1. The van der Waals surface area contributed by atoms with Crippen LogP contribution in [0.5, 0.6) is 0 Å². The maximum Gasteiger partial charge on any atom is 0.254 e. The lowest BCUT2D eigenvalue weighted by molar-refractivity contribution is 0.0746. The van der Waals surface area contributed by atoms with Crippen LogP contribution in [0.2, 0.25) is 0 Å². The number of benzene rings is 1. The van der Waals surface area contributed by atoms with Crippen LogP contribution in [-0.4, -0.2) is 55.1 Å². The van der Waals surface area contributed by atoms with E-state index in [0.29, 0.717) is 37.3 Å². The highest BCUT2D eigenvalue weighted by Gasteiger charge is 2.32. The molecule has 1 saturated heterocycles. The van der Waals surface area contributed by atoms with Crippen LogP contribution in [0.4, 0.5) is 10.1 Å². The number of rotatable bonds is 3. The third-order valence-corrected chi connectivity index (χ3v) is 7.56. The molecule has 0 saturated carbocycles. The molecule has 1 fully saturated rings. The summed E-state index contributed by atoms with van der Waals surface area (Å²) in [6.07, 6.45) is 1.56. The SMILES string of the molecule is Cc1ccc(C(=O)N2CCN(c3ccc(S(=O)(=O)C(C)(C)C)nc3)CC2)cc1F. The Morgan fingerprint density at radius 3 is 2.24 bits per heavy atom. The van der Waals surface area contributed by atoms with Crippen molar-refractivity contribution >= 4 is 21.4 Å². The molecule has 29 heavy (non-hydrogen) atoms. The van der Waals surface area contributed by atoms with Gasteiger partial charge in [-0.1, -0.05) is 6.07 Å². The van der Waals surface area contributed by atoms with Gasteiger partial charge < -0.3 is 9.80 Å². The molecule has 0 N–H and O–H groups in total. The predicted molar refractivity (Wildman–Crippen MR) is 110 cm³/mol. The van der Waals surface area contributed by atoms with E-state index in [2.05, 4.69) is 9.88 Å². The van der Waals surface area contributed by atoms with Crippen LogP contribution in [0.1, 0.15) is 36.7 Å². The monoisotopic (exact) mass is 419 g/mol. The topological polar surface area (TPSA) is 70.6 Å². The number of aryl methyl sites for hydroxylation is 1. The number of anilines is 1. The molecule has 1 aliphatic rings. The van der Waals surface area contributed by atoms with Crippen LogP contribution in [0, 0.1) is 12.7 Å². The summed E-state index contributed by atoms with van der Waals surface area (Å²) >= 11 is 0. The second kappa shape index (κ2) is 7.74. The van der Waals surface area contributed by atoms with Gasteiger partial charge in [0.15, 0.2) is 14.9 Å². The smallest absolute Gasteiger partial charge is 0.254 e. The Morgan fingerprint density at radius 2 is 1.72 bits per heavy atom. The molecule has 1 aromatic carbocycles. The van der Waals surface area contributed by atoms with Crippen LogP contribution >= 0.6 is 0 Å². The Morgan fingerprint density at radius 1 is 1.07 bits per heavy atom. The lowest BCUT2D eigenvalue weighted by Crippen LogP contribution is -2.48. The average molecular weight is 420 g/mol. The molecule has 3 rings (SSSR count). The standard InChI is InChI=1S/C21H26FN3O3S/c1-15-5-6-16(13-18(15)22)20(26)25-11-9-24(10-12-25)17-7-8-19(23-14-17)29(27,28)21(2,3)4/h5-8,13-14H,9-12H2,1-4H3. The van der Waals surface area contributed by atoms with Crippen molar-refractivity contribution in [1.82, 2.24) is 9.88 Å². The molecule has 2 heterocycles. The molecule has 0 radical (unpaired) electrons. The Bertz CT molecular complexity index is 1010. The molecule has 6 nitrogen and oxygen atoms in total. The maximum absolute atomic E-state index is 13.8. The van der Waals surface area contributed by atoms with Gasteiger partial charge in [0, 0.05) is 31.7 Å². The number of hydrogen-bond acceptors (Lipinski definition) is 5. The fourth-order valence-electron chi connectivity index (χ4n) is 3.11. The zero-order chi connectivity index (χ0) is 21.4. The summed E-state index contributed by atoms with van der Waals surface area (Å²) in [7, 11) is -3.49. The second-order valence-electron chi connectivity index (χ2n) is 8.21. The molecule has 0 atom stereocenters. The number of carbonyl (C=O) groups excluding carboxylic acids is 1. The molecule has 0 bridgehead atoms. The van der Waals surface area contributed by atoms with E-state index in [9.17, 15) is 17.6 Å². The van der Waals surface area contributed by atoms with Gasteiger partial charge in [0.25, 0.3) is 5.91 Å². The van der Waals surface area contributed by atoms with Crippen molar-refractivity contribution < 1.29 is 17.6 Å². The van der Waals surface area contributed by atoms with E-state index in [1.54, 1.807) is 57.0 Å². The molecule has 0 unspecified atom stereocenters. The molecular weight excluding hydrogens is 393 g/mol. The van der Waals surface area contributed by atoms with Gasteiger partial charge in [0.05, 0.1) is 16.6 Å². The van der Waals surface area contributed by atoms with Crippen molar-refractivity contribution in [2.24, 2.45) is 0 Å². The van der Waals surface area contributed by atoms with Gasteiger partial charge in [-0.2, -0.15) is 0 Å². The molecule has 0 spiro atoms. The largest absolute Gasteiger partial charge is 0.367 e. The summed E-state index contributed by atoms with van der Waals surface area (Å²) in [5.41, 5.74) is 1.67. The number of piperazine rings is 1. The van der Waals surface area contributed by atoms with Gasteiger partial charge in [-0.15, -0.1) is 0 Å². The Labute approximate surface area is 171 Å². The summed E-state index contributed by atoms with van der Waals surface area (Å²) in [5.74, 6) is -0.570. The highest BCUT2D eigenvalue weighted by atomic mass is 32.2. The number of halogens is 1. The summed E-state index contributed by atoms with van der Waals surface area (Å²) in [6, 6.07) is 7.81. The van der Waals surface area contributed by atoms with Crippen molar-refractivity contribution in [2.75, 3.05) is 31.1 Å². The summed E-state index contributed by atoms with van der Waals surface area (Å²) in [6.45, 7) is 8.78. The first-order valence-corrected chi connectivity index (χ1v) is 11.0. The third-order valence-electron chi connectivity index (χ3n) is 5.15. The molecule has 1 amide bonds. The van der Waals surface area contributed by atoms with E-state index in [4.69, 9.17) is 0 Å². The molecule has 156 valence electrons. The van der Waals surface area contributed by atoms with Gasteiger partial charge >= 0.3 is 0 Å². The first-order valence-electron chi connectivity index (χ1n) is 9.52. The minimum atomic E-state index is -3.49.